The summed E-state index contributed by atoms with van der Waals surface area (Å²) in [7, 11) is 0. The molecule has 0 aromatic heterocycles. The molecule has 121 heavy (non-hydrogen) atoms. The van der Waals surface area contributed by atoms with Crippen molar-refractivity contribution in [3.8, 4) is 0 Å². The zero-order valence-electron chi connectivity index (χ0n) is 74.9. The Morgan fingerprint density at radius 3 is 0.884 bits per heavy atom. The number of amides is 6. The van der Waals surface area contributed by atoms with Gasteiger partial charge in [-0.25, -0.2) is 4.79 Å². The van der Waals surface area contributed by atoms with E-state index in [1.54, 1.807) is 11.1 Å². The molecule has 4 aliphatic carbocycles. The summed E-state index contributed by atoms with van der Waals surface area (Å²) in [5.41, 5.74) is 47.8. The lowest BCUT2D eigenvalue weighted by Gasteiger charge is -2.49. The molecule has 12 aliphatic rings. The number of nitrogens with zero attached hydrogens (tertiary/aromatic N) is 10. The number of nitrogens with two attached hydrogens (primary N) is 6. The standard InChI is InChI=1S/C25H39N5O.C25H37N5O.C25H38N4O2.C24H35N3O/c2*1-18(2)19-7-9-21(10-8-19)29-14-11-25(12-15-29)22-6-4-3-5-20(22)17-30(23(25)31)16-13-28-24(26)27;1-18(2)19-7-9-21(10-8-19)28-14-11-25(12-15-28)22-6-4-3-5-20(22)17-29(23(25)30)16-13-27-24(26)31;1-18(2)19-7-9-21(10-8-19)26-14-11-24(12-15-26)22-6-4-3-5-20(22)17-27(16-13-25)23(24)28/h3-6,18-19,21H,7-17H2,1-2H3,(H4,26,27,28);3-6,21H,7-17H2,1-2H3,(H4,26,27,28);3-6,18-19,21H,7-17H2,1-2H3,(H3,26,27,31);3-6,21H,7-17,25H2,1-2H3. The normalized spacial score (nSPS) is 25.2. The van der Waals surface area contributed by atoms with Crippen molar-refractivity contribution in [2.75, 3.05) is 105 Å². The van der Waals surface area contributed by atoms with E-state index in [0.29, 0.717) is 109 Å². The SMILES string of the molecule is CC(C)=C1CCC(N2CCC3(CC2)C(=O)N(CCN)Cc2ccccc23)CC1.CC(C)=C1CCC(N2CCC3(CC2)C(=O)N(CCN=C(N)N)Cc2ccccc23)CC1.CC(C)C1CCC(N2CCC3(CC2)C(=O)N(CCN=C(N)N)Cc2ccccc23)CC1.CC(C)C1CCC(N2CCC3(CC2)C(=O)N(CCNC(N)=O)Cc2ccccc23)CC1. The van der Waals surface area contributed by atoms with Gasteiger partial charge in [0, 0.05) is 89.6 Å². The maximum atomic E-state index is 13.7. The zero-order valence-corrected chi connectivity index (χ0v) is 74.9. The van der Waals surface area contributed by atoms with Crippen LogP contribution in [-0.4, -0.2) is 210 Å². The first-order chi connectivity index (χ1) is 58.3. The molecule has 0 unspecified atom stereocenters. The average molecular weight is 1660 g/mol. The molecule has 0 bridgehead atoms. The van der Waals surface area contributed by atoms with Gasteiger partial charge in [-0.15, -0.1) is 0 Å². The molecule has 0 radical (unpaired) electrons. The number of allylic oxidation sites excluding steroid dienone is 4. The fraction of sp³-hybridized carbons (Fsp3) is 0.646. The topological polar surface area (TPSA) is 304 Å². The molecule has 4 saturated carbocycles. The number of likely N-dealkylation sites (tertiary alicyclic amines) is 4. The lowest BCUT2D eigenvalue weighted by atomic mass is 9.67. The van der Waals surface area contributed by atoms with E-state index < -0.39 is 22.3 Å². The molecule has 22 nitrogen and oxygen atoms in total. The number of rotatable bonds is 17. The van der Waals surface area contributed by atoms with Gasteiger partial charge in [-0.3, -0.25) is 29.2 Å². The highest BCUT2D eigenvalue weighted by Crippen LogP contribution is 2.50. The first kappa shape index (κ1) is 90.6. The summed E-state index contributed by atoms with van der Waals surface area (Å²) in [6.07, 6.45) is 27.9. The fourth-order valence-corrected chi connectivity index (χ4v) is 24.0. The number of hydrogen-bond acceptors (Lipinski definition) is 12. The third kappa shape index (κ3) is 20.5. The molecule has 8 heterocycles. The molecule has 13 N–H and O–H groups in total. The second-order valence-electron chi connectivity index (χ2n) is 39.0. The Labute approximate surface area is 724 Å². The largest absolute Gasteiger partial charge is 0.370 e. The molecular formula is C99H149N17O5. The van der Waals surface area contributed by atoms with Crippen LogP contribution in [0.1, 0.15) is 254 Å². The van der Waals surface area contributed by atoms with E-state index in [4.69, 9.17) is 34.4 Å². The molecule has 8 fully saturated rings. The van der Waals surface area contributed by atoms with Gasteiger partial charge in [0.1, 0.15) is 0 Å². The summed E-state index contributed by atoms with van der Waals surface area (Å²) < 4.78 is 0. The molecular weight excluding hydrogens is 1510 g/mol. The van der Waals surface area contributed by atoms with E-state index in [1.807, 2.05) is 19.6 Å². The Kier molecular flexibility index (Phi) is 30.4. The van der Waals surface area contributed by atoms with Crippen LogP contribution in [0.3, 0.4) is 0 Å². The van der Waals surface area contributed by atoms with Gasteiger partial charge in [-0.05, 0) is 302 Å². The van der Waals surface area contributed by atoms with Crippen LogP contribution in [0.5, 0.6) is 0 Å². The number of carbonyl (C=O) groups excluding carboxylic acids is 5. The molecule has 6 amide bonds. The molecule has 22 heteroatoms. The highest BCUT2D eigenvalue weighted by molar-refractivity contribution is 5.93. The Hall–Kier alpha value is -8.15. The van der Waals surface area contributed by atoms with Crippen molar-refractivity contribution in [3.05, 3.63) is 164 Å². The Morgan fingerprint density at radius 2 is 0.636 bits per heavy atom. The van der Waals surface area contributed by atoms with E-state index in [2.05, 4.69) is 187 Å². The summed E-state index contributed by atoms with van der Waals surface area (Å²) in [5, 5.41) is 2.63. The molecule has 4 aromatic rings. The maximum absolute atomic E-state index is 13.7. The van der Waals surface area contributed by atoms with Gasteiger partial charge in [0.05, 0.1) is 34.7 Å². The Balaban J connectivity index is 0.000000139. The summed E-state index contributed by atoms with van der Waals surface area (Å²) in [5.74, 6) is 4.57. The van der Waals surface area contributed by atoms with Crippen LogP contribution in [0.4, 0.5) is 4.79 Å². The van der Waals surface area contributed by atoms with Crippen LogP contribution in [0.25, 0.3) is 0 Å². The zero-order chi connectivity index (χ0) is 85.8. The van der Waals surface area contributed by atoms with E-state index in [1.165, 1.54) is 158 Å². The van der Waals surface area contributed by atoms with Crippen molar-refractivity contribution < 1.29 is 24.0 Å². The lowest BCUT2D eigenvalue weighted by molar-refractivity contribution is -0.142. The molecule has 660 valence electrons. The van der Waals surface area contributed by atoms with Gasteiger partial charge in [-0.1, -0.05) is 147 Å². The number of piperidine rings is 4. The molecule has 4 saturated heterocycles. The number of aliphatic imine (C=N–C) groups is 2. The van der Waals surface area contributed by atoms with Crippen molar-refractivity contribution in [3.63, 3.8) is 0 Å². The van der Waals surface area contributed by atoms with Crippen LogP contribution in [0.15, 0.2) is 129 Å². The van der Waals surface area contributed by atoms with Gasteiger partial charge in [0.25, 0.3) is 0 Å². The number of carbonyl (C=O) groups is 5. The van der Waals surface area contributed by atoms with Gasteiger partial charge in [-0.2, -0.15) is 0 Å². The number of urea groups is 1. The van der Waals surface area contributed by atoms with Gasteiger partial charge >= 0.3 is 6.03 Å². The van der Waals surface area contributed by atoms with Gasteiger partial charge in [0.15, 0.2) is 11.9 Å². The summed E-state index contributed by atoms with van der Waals surface area (Å²) >= 11 is 0. The molecule has 4 aromatic carbocycles. The minimum atomic E-state index is -0.542. The first-order valence-electron chi connectivity index (χ1n) is 46.9. The van der Waals surface area contributed by atoms with Crippen LogP contribution in [0.2, 0.25) is 0 Å². The fourth-order valence-electron chi connectivity index (χ4n) is 24.0. The van der Waals surface area contributed by atoms with Crippen LogP contribution < -0.4 is 39.7 Å². The third-order valence-electron chi connectivity index (χ3n) is 31.3. The van der Waals surface area contributed by atoms with E-state index >= 15 is 0 Å². The van der Waals surface area contributed by atoms with E-state index in [-0.39, 0.29) is 35.1 Å². The summed E-state index contributed by atoms with van der Waals surface area (Å²) in [6.45, 7) is 33.2. The van der Waals surface area contributed by atoms with Crippen LogP contribution in [-0.2, 0) is 67.0 Å². The number of hydrogen-bond donors (Lipinski definition) is 7. The van der Waals surface area contributed by atoms with E-state index in [0.717, 1.165) is 127 Å². The quantitative estimate of drug-likeness (QED) is 0.0294. The second-order valence-corrected chi connectivity index (χ2v) is 39.0. The van der Waals surface area contributed by atoms with Crippen molar-refractivity contribution in [2.24, 2.45) is 68.1 Å². The second kappa shape index (κ2) is 40.7. The maximum Gasteiger partial charge on any atom is 0.312 e. The van der Waals surface area contributed by atoms with Crippen molar-refractivity contribution in [2.45, 2.75) is 281 Å². The predicted octanol–water partition coefficient (Wildman–Crippen LogP) is 12.6. The monoisotopic (exact) mass is 1660 g/mol. The number of primary amides is 1. The third-order valence-corrected chi connectivity index (χ3v) is 31.3. The minimum absolute atomic E-state index is 0.0802. The van der Waals surface area contributed by atoms with Crippen molar-refractivity contribution in [1.29, 1.82) is 0 Å². The smallest absolute Gasteiger partial charge is 0.312 e. The van der Waals surface area contributed by atoms with Gasteiger partial charge < -0.3 is 78.9 Å². The highest BCUT2D eigenvalue weighted by atomic mass is 16.2. The number of fused-ring (bicyclic) bond motifs is 8. The number of nitrogens with one attached hydrogen (secondary N) is 1. The van der Waals surface area contributed by atoms with Crippen LogP contribution >= 0.6 is 0 Å². The highest BCUT2D eigenvalue weighted by Gasteiger charge is 2.54. The Bertz CT molecular complexity index is 4290. The average Bonchev–Trinajstić information content (AvgIpc) is 0.754. The molecule has 8 aliphatic heterocycles. The lowest BCUT2D eigenvalue weighted by Crippen LogP contribution is -2.58. The predicted molar refractivity (Wildman–Crippen MR) is 488 cm³/mol. The summed E-state index contributed by atoms with van der Waals surface area (Å²) in [6, 6.07) is 36.2. The van der Waals surface area contributed by atoms with Crippen LogP contribution in [0, 0.1) is 23.7 Å². The Morgan fingerprint density at radius 1 is 0.380 bits per heavy atom. The molecule has 4 spiro atoms. The van der Waals surface area contributed by atoms with Gasteiger partial charge in [0.2, 0.25) is 23.6 Å². The summed E-state index contributed by atoms with van der Waals surface area (Å²) in [4.78, 5) is 92.5. The van der Waals surface area contributed by atoms with E-state index in [9.17, 15) is 24.0 Å². The molecule has 16 rings (SSSR count). The number of benzene rings is 4. The van der Waals surface area contributed by atoms with Crippen molar-refractivity contribution in [1.82, 2.24) is 44.5 Å². The van der Waals surface area contributed by atoms with Crippen molar-refractivity contribution >= 4 is 41.6 Å². The first-order valence-corrected chi connectivity index (χ1v) is 46.9. The molecule has 0 atom stereocenters. The minimum Gasteiger partial charge on any atom is -0.370 e. The number of guanidine groups is 2.